The molecule has 8 rings (SSSR count). The molecule has 4 aromatic carbocycles. The molecule has 0 amide bonds. The van der Waals surface area contributed by atoms with Crippen molar-refractivity contribution in [3.05, 3.63) is 98.1 Å². The molecule has 2 atom stereocenters. The predicted molar refractivity (Wildman–Crippen MR) is 184 cm³/mol. The number of nitro groups is 1. The number of benzene rings is 4. The molecule has 0 N–H and O–H groups in total. The van der Waals surface area contributed by atoms with Crippen LogP contribution in [0.4, 0.5) is 5.69 Å². The van der Waals surface area contributed by atoms with Crippen LogP contribution in [0.25, 0.3) is 0 Å². The zero-order chi connectivity index (χ0) is 34.4. The van der Waals surface area contributed by atoms with E-state index in [1.165, 1.54) is 24.3 Å². The highest BCUT2D eigenvalue weighted by Gasteiger charge is 2.36. The lowest BCUT2D eigenvalue weighted by molar-refractivity contribution is -0.385. The predicted octanol–water partition coefficient (Wildman–Crippen LogP) is 7.07. The van der Waals surface area contributed by atoms with Crippen molar-refractivity contribution in [3.8, 4) is 46.0 Å². The molecule has 0 aliphatic carbocycles. The van der Waals surface area contributed by atoms with Gasteiger partial charge in [0.1, 0.15) is 5.75 Å². The lowest BCUT2D eigenvalue weighted by Crippen LogP contribution is -2.34. The maximum atomic E-state index is 12.5. The van der Waals surface area contributed by atoms with Gasteiger partial charge in [-0.05, 0) is 98.4 Å². The maximum absolute atomic E-state index is 12.5. The summed E-state index contributed by atoms with van der Waals surface area (Å²) in [5, 5.41) is 12.5. The molecule has 11 heteroatoms. The Kier molecular flexibility index (Phi) is 8.72. The third-order valence-corrected chi connectivity index (χ3v) is 10.2. The van der Waals surface area contributed by atoms with Gasteiger partial charge in [-0.3, -0.25) is 19.9 Å². The summed E-state index contributed by atoms with van der Waals surface area (Å²) in [7, 11) is 10.5. The van der Waals surface area contributed by atoms with Gasteiger partial charge < -0.3 is 28.4 Å². The number of nitrogens with zero attached hydrogens (tertiary/aromatic N) is 3. The van der Waals surface area contributed by atoms with E-state index in [-0.39, 0.29) is 28.4 Å². The van der Waals surface area contributed by atoms with Gasteiger partial charge in [0, 0.05) is 36.3 Å². The fraction of sp³-hybridized carbons (Fsp3) is 0.368. The van der Waals surface area contributed by atoms with Crippen LogP contribution in [0.15, 0.2) is 54.6 Å². The van der Waals surface area contributed by atoms with Crippen LogP contribution in [0.1, 0.15) is 45.5 Å². The quantitative estimate of drug-likeness (QED) is 0.162. The molecule has 49 heavy (non-hydrogen) atoms. The summed E-state index contributed by atoms with van der Waals surface area (Å²) in [6, 6.07) is 17.1. The minimum atomic E-state index is -0.371. The summed E-state index contributed by atoms with van der Waals surface area (Å²) in [6.45, 7) is 1.64. The van der Waals surface area contributed by atoms with Crippen LogP contribution in [-0.2, 0) is 25.7 Å². The Balaban J connectivity index is 1.50. The first-order valence-corrected chi connectivity index (χ1v) is 16.4. The normalized spacial score (nSPS) is 18.7. The van der Waals surface area contributed by atoms with Gasteiger partial charge in [-0.1, -0.05) is 12.1 Å². The molecule has 4 aliphatic rings. The van der Waals surface area contributed by atoms with Crippen LogP contribution in [0.2, 0.25) is 0 Å². The molecule has 0 radical (unpaired) electrons. The molecule has 256 valence electrons. The van der Waals surface area contributed by atoms with Gasteiger partial charge in [-0.2, -0.15) is 0 Å². The largest absolute Gasteiger partial charge is 0.493 e. The van der Waals surface area contributed by atoms with Crippen LogP contribution in [0.3, 0.4) is 0 Å². The Bertz CT molecular complexity index is 1910. The average molecular weight is 668 g/mol. The first-order valence-electron chi connectivity index (χ1n) is 16.4. The first kappa shape index (κ1) is 32.5. The Morgan fingerprint density at radius 2 is 1.35 bits per heavy atom. The van der Waals surface area contributed by atoms with Gasteiger partial charge in [-0.25, -0.2) is 0 Å². The van der Waals surface area contributed by atoms with Crippen molar-refractivity contribution in [2.24, 2.45) is 0 Å². The maximum Gasteiger partial charge on any atom is 0.276 e. The van der Waals surface area contributed by atoms with E-state index in [0.717, 1.165) is 49.0 Å². The minimum absolute atomic E-state index is 0.0519. The van der Waals surface area contributed by atoms with Crippen LogP contribution in [0.5, 0.6) is 46.0 Å². The Hall–Kier alpha value is -5.00. The number of rotatable bonds is 5. The number of methoxy groups -OCH3 is 4. The minimum Gasteiger partial charge on any atom is -0.493 e. The second-order valence-electron chi connectivity index (χ2n) is 12.9. The highest BCUT2D eigenvalue weighted by atomic mass is 16.6. The SMILES string of the molecule is COc1cc([N+](=O)[O-])c2cc1Oc1ccc(cc1)C[C@H]1c3cc(c(OC)cc3CCN1C)Oc1c(OC)c(OC)cc3c1[C@@H](C2)N(C)CC3. The van der Waals surface area contributed by atoms with E-state index in [4.69, 9.17) is 28.4 Å². The number of nitro benzene ring substituents is 1. The first-order chi connectivity index (χ1) is 23.7. The Labute approximate surface area is 286 Å². The van der Waals surface area contributed by atoms with Crippen molar-refractivity contribution >= 4 is 5.69 Å². The van der Waals surface area contributed by atoms with Gasteiger partial charge in [0.05, 0.1) is 39.4 Å². The molecule has 0 unspecified atom stereocenters. The average Bonchev–Trinajstić information content (AvgIpc) is 3.10. The molecule has 0 fully saturated rings. The third kappa shape index (κ3) is 5.87. The summed E-state index contributed by atoms with van der Waals surface area (Å²) in [5.41, 5.74) is 5.88. The standard InChI is InChI=1S/C38H41N3O8/c1-39-13-11-23-17-31(44-3)34-20-27(23)29(39)15-22-7-9-26(10-8-22)48-33-19-25(28(41(42)43)21-32(33)45-4)16-30-36-24(12-14-40(30)2)18-35(46-5)37(47-6)38(36)49-34/h7-10,17-21,29-30H,11-16H2,1-6H3/t29-,30+/m0/s1. The molecule has 4 heterocycles. The van der Waals surface area contributed by atoms with Gasteiger partial charge >= 0.3 is 0 Å². The summed E-state index contributed by atoms with van der Waals surface area (Å²) in [6.07, 6.45) is 2.67. The van der Waals surface area contributed by atoms with Crippen molar-refractivity contribution in [1.82, 2.24) is 9.80 Å². The van der Waals surface area contributed by atoms with E-state index in [0.29, 0.717) is 52.2 Å². The molecule has 4 aromatic rings. The number of hydrogen-bond acceptors (Lipinski definition) is 10. The summed E-state index contributed by atoms with van der Waals surface area (Å²) >= 11 is 0. The Morgan fingerprint density at radius 1 is 0.714 bits per heavy atom. The topological polar surface area (TPSA) is 105 Å². The molecule has 0 saturated heterocycles. The molecule has 0 aromatic heterocycles. The summed E-state index contributed by atoms with van der Waals surface area (Å²) < 4.78 is 36.7. The molecule has 11 nitrogen and oxygen atoms in total. The molecule has 6 bridgehead atoms. The monoisotopic (exact) mass is 667 g/mol. The van der Waals surface area contributed by atoms with E-state index in [1.807, 2.05) is 25.2 Å². The second kappa shape index (κ2) is 13.1. The second-order valence-corrected chi connectivity index (χ2v) is 12.9. The number of likely N-dealkylation sites (N-methyl/N-ethyl adjacent to an activating group) is 2. The highest BCUT2D eigenvalue weighted by Crippen LogP contribution is 2.52. The van der Waals surface area contributed by atoms with Crippen molar-refractivity contribution in [2.75, 3.05) is 55.6 Å². The van der Waals surface area contributed by atoms with Crippen LogP contribution < -0.4 is 28.4 Å². The molecular weight excluding hydrogens is 626 g/mol. The van der Waals surface area contributed by atoms with Crippen LogP contribution >= 0.6 is 0 Å². The lowest BCUT2D eigenvalue weighted by Gasteiger charge is -2.37. The Morgan fingerprint density at radius 3 is 2.02 bits per heavy atom. The van der Waals surface area contributed by atoms with E-state index >= 15 is 0 Å². The number of fused-ring (bicyclic) bond motifs is 2. The van der Waals surface area contributed by atoms with Crippen molar-refractivity contribution < 1.29 is 33.3 Å². The van der Waals surface area contributed by atoms with Crippen molar-refractivity contribution in [2.45, 2.75) is 37.8 Å². The fourth-order valence-corrected chi connectivity index (χ4v) is 7.50. The molecule has 0 spiro atoms. The van der Waals surface area contributed by atoms with E-state index in [2.05, 4.69) is 41.1 Å². The molecule has 0 saturated carbocycles. The van der Waals surface area contributed by atoms with Crippen molar-refractivity contribution in [3.63, 3.8) is 0 Å². The van der Waals surface area contributed by atoms with Crippen LogP contribution in [-0.4, -0.2) is 70.3 Å². The third-order valence-electron chi connectivity index (χ3n) is 10.2. The smallest absolute Gasteiger partial charge is 0.276 e. The number of ether oxygens (including phenoxy) is 6. The lowest BCUT2D eigenvalue weighted by atomic mass is 9.87. The van der Waals surface area contributed by atoms with E-state index in [1.54, 1.807) is 27.4 Å². The van der Waals surface area contributed by atoms with E-state index < -0.39 is 0 Å². The summed E-state index contributed by atoms with van der Waals surface area (Å²) in [4.78, 5) is 16.7. The van der Waals surface area contributed by atoms with E-state index in [9.17, 15) is 10.1 Å². The van der Waals surface area contributed by atoms with Crippen molar-refractivity contribution in [1.29, 1.82) is 0 Å². The zero-order valence-corrected chi connectivity index (χ0v) is 28.7. The van der Waals surface area contributed by atoms with Gasteiger partial charge in [0.2, 0.25) is 5.75 Å². The van der Waals surface area contributed by atoms with Gasteiger partial charge in [0.25, 0.3) is 5.69 Å². The van der Waals surface area contributed by atoms with Gasteiger partial charge in [0.15, 0.2) is 34.5 Å². The summed E-state index contributed by atoms with van der Waals surface area (Å²) in [5.74, 6) is 3.95. The fourth-order valence-electron chi connectivity index (χ4n) is 7.50. The molecular formula is C38H41N3O8. The zero-order valence-electron chi connectivity index (χ0n) is 28.7. The van der Waals surface area contributed by atoms with Crippen LogP contribution in [0, 0.1) is 10.1 Å². The molecule has 4 aliphatic heterocycles. The highest BCUT2D eigenvalue weighted by molar-refractivity contribution is 5.64. The number of hydrogen-bond donors (Lipinski definition) is 0. The van der Waals surface area contributed by atoms with Gasteiger partial charge in [-0.15, -0.1) is 0 Å².